The van der Waals surface area contributed by atoms with Crippen LogP contribution in [-0.4, -0.2) is 48.4 Å². The van der Waals surface area contributed by atoms with Crippen LogP contribution in [0.4, 0.5) is 0 Å². The minimum absolute atomic E-state index is 0.197. The number of aliphatic carboxylic acids is 1. The number of methoxy groups -OCH3 is 2. The fraction of sp³-hybridized carbons (Fsp3) is 0.421. The highest BCUT2D eigenvalue weighted by molar-refractivity contribution is 5.93. The maximum Gasteiger partial charge on any atom is 0.336 e. The molecule has 1 aromatic rings. The topological polar surface area (TPSA) is 71.5 Å². The number of carbonyl (C=O) groups is 1. The molecule has 1 N–H and O–H groups in total. The summed E-state index contributed by atoms with van der Waals surface area (Å²) in [6, 6.07) is 4.18. The molecule has 1 spiro atoms. The summed E-state index contributed by atoms with van der Waals surface area (Å²) in [6.45, 7) is 2.52. The van der Waals surface area contributed by atoms with E-state index >= 15 is 0 Å². The molecule has 0 saturated carbocycles. The van der Waals surface area contributed by atoms with Crippen LogP contribution >= 0.6 is 0 Å². The van der Waals surface area contributed by atoms with E-state index in [4.69, 9.17) is 14.2 Å². The van der Waals surface area contributed by atoms with E-state index in [-0.39, 0.29) is 6.04 Å². The molecular formula is C19H21NO5. The number of fused-ring (bicyclic) bond motifs is 3. The molecule has 2 atom stereocenters. The van der Waals surface area contributed by atoms with Crippen molar-refractivity contribution in [1.82, 2.24) is 4.90 Å². The lowest BCUT2D eigenvalue weighted by atomic mass is 9.84. The Morgan fingerprint density at radius 3 is 2.60 bits per heavy atom. The van der Waals surface area contributed by atoms with Crippen molar-refractivity contribution in [2.45, 2.75) is 31.4 Å². The van der Waals surface area contributed by atoms with Gasteiger partial charge in [0.1, 0.15) is 5.60 Å². The third-order valence-electron chi connectivity index (χ3n) is 5.26. The lowest BCUT2D eigenvalue weighted by Crippen LogP contribution is -2.40. The first-order valence-corrected chi connectivity index (χ1v) is 8.39. The van der Waals surface area contributed by atoms with Gasteiger partial charge in [0.05, 0.1) is 26.4 Å². The highest BCUT2D eigenvalue weighted by Crippen LogP contribution is 2.48. The van der Waals surface area contributed by atoms with Crippen molar-refractivity contribution in [1.29, 1.82) is 0 Å². The van der Waals surface area contributed by atoms with Gasteiger partial charge >= 0.3 is 5.97 Å². The Morgan fingerprint density at radius 1 is 1.36 bits per heavy atom. The molecule has 132 valence electrons. The average molecular weight is 343 g/mol. The summed E-state index contributed by atoms with van der Waals surface area (Å²) < 4.78 is 16.4. The van der Waals surface area contributed by atoms with Gasteiger partial charge in [-0.2, -0.15) is 0 Å². The lowest BCUT2D eigenvalue weighted by molar-refractivity contribution is -0.133. The number of hydrogen-bond acceptors (Lipinski definition) is 5. The van der Waals surface area contributed by atoms with Gasteiger partial charge in [-0.15, -0.1) is 0 Å². The number of ether oxygens (including phenoxy) is 3. The molecule has 2 unspecified atom stereocenters. The van der Waals surface area contributed by atoms with Crippen LogP contribution in [0.3, 0.4) is 0 Å². The molecule has 3 heterocycles. The third kappa shape index (κ3) is 2.32. The molecule has 0 radical (unpaired) electrons. The highest BCUT2D eigenvalue weighted by atomic mass is 16.6. The van der Waals surface area contributed by atoms with E-state index < -0.39 is 11.6 Å². The molecule has 6 nitrogen and oxygen atoms in total. The SMILES string of the molecule is CCC1Cc2cc(OC)c(OC)cc2C2=CC3(CO3)C(C(=O)O)=CN21. The van der Waals surface area contributed by atoms with E-state index in [1.165, 1.54) is 5.56 Å². The fourth-order valence-electron chi connectivity index (χ4n) is 3.78. The minimum Gasteiger partial charge on any atom is -0.493 e. The summed E-state index contributed by atoms with van der Waals surface area (Å²) in [4.78, 5) is 13.7. The molecule has 1 fully saturated rings. The largest absolute Gasteiger partial charge is 0.493 e. The van der Waals surface area contributed by atoms with Gasteiger partial charge in [0.25, 0.3) is 0 Å². The highest BCUT2D eigenvalue weighted by Gasteiger charge is 2.53. The number of nitrogens with zero attached hydrogens (tertiary/aromatic N) is 1. The van der Waals surface area contributed by atoms with Gasteiger partial charge in [0, 0.05) is 23.5 Å². The maximum absolute atomic E-state index is 11.7. The van der Waals surface area contributed by atoms with Gasteiger partial charge in [0.15, 0.2) is 11.5 Å². The van der Waals surface area contributed by atoms with Crippen molar-refractivity contribution in [3.63, 3.8) is 0 Å². The van der Waals surface area contributed by atoms with Gasteiger partial charge in [-0.3, -0.25) is 0 Å². The Labute approximate surface area is 146 Å². The van der Waals surface area contributed by atoms with E-state index in [9.17, 15) is 9.90 Å². The number of carboxylic acids is 1. The van der Waals surface area contributed by atoms with Crippen molar-refractivity contribution in [3.8, 4) is 11.5 Å². The van der Waals surface area contributed by atoms with Gasteiger partial charge in [0.2, 0.25) is 0 Å². The standard InChI is InChI=1S/C19H21NO5/c1-4-12-5-11-6-16(23-2)17(24-3)7-13(11)15-8-19(10-25-19)14(18(21)22)9-20(12)15/h6-9,12H,4-5,10H2,1-3H3,(H,21,22). The Balaban J connectivity index is 1.88. The number of carboxylic acid groups (broad SMARTS) is 1. The zero-order valence-corrected chi connectivity index (χ0v) is 14.5. The van der Waals surface area contributed by atoms with Crippen LogP contribution in [0.2, 0.25) is 0 Å². The Hall–Kier alpha value is -2.47. The van der Waals surface area contributed by atoms with Crippen LogP contribution in [0, 0.1) is 0 Å². The van der Waals surface area contributed by atoms with Crippen LogP contribution in [0.25, 0.3) is 5.70 Å². The molecule has 0 aromatic heterocycles. The monoisotopic (exact) mass is 343 g/mol. The molecule has 4 rings (SSSR count). The number of benzene rings is 1. The Kier molecular flexibility index (Phi) is 3.54. The summed E-state index contributed by atoms with van der Waals surface area (Å²) in [7, 11) is 3.24. The van der Waals surface area contributed by atoms with Crippen molar-refractivity contribution < 1.29 is 24.1 Å². The molecule has 0 bridgehead atoms. The zero-order chi connectivity index (χ0) is 17.8. The predicted octanol–water partition coefficient (Wildman–Crippen LogP) is 2.43. The number of rotatable bonds is 4. The van der Waals surface area contributed by atoms with Crippen LogP contribution in [0.5, 0.6) is 11.5 Å². The molecular weight excluding hydrogens is 322 g/mol. The molecule has 3 aliphatic heterocycles. The Morgan fingerprint density at radius 2 is 2.04 bits per heavy atom. The van der Waals surface area contributed by atoms with Crippen molar-refractivity contribution >= 4 is 11.7 Å². The van der Waals surface area contributed by atoms with Crippen LogP contribution in [-0.2, 0) is 16.0 Å². The van der Waals surface area contributed by atoms with Crippen LogP contribution in [0.1, 0.15) is 24.5 Å². The summed E-state index contributed by atoms with van der Waals surface area (Å²) >= 11 is 0. The minimum atomic E-state index is -0.930. The van der Waals surface area contributed by atoms with E-state index in [1.807, 2.05) is 18.2 Å². The van der Waals surface area contributed by atoms with Crippen molar-refractivity contribution in [3.05, 3.63) is 41.1 Å². The molecule has 25 heavy (non-hydrogen) atoms. The van der Waals surface area contributed by atoms with E-state index in [2.05, 4.69) is 11.8 Å². The van der Waals surface area contributed by atoms with E-state index in [0.717, 1.165) is 24.1 Å². The zero-order valence-electron chi connectivity index (χ0n) is 14.5. The molecule has 0 aliphatic carbocycles. The smallest absolute Gasteiger partial charge is 0.336 e. The maximum atomic E-state index is 11.7. The quantitative estimate of drug-likeness (QED) is 0.847. The summed E-state index contributed by atoms with van der Waals surface area (Å²) in [5, 5.41) is 9.57. The molecule has 0 amide bonds. The van der Waals surface area contributed by atoms with Crippen LogP contribution in [0.15, 0.2) is 30.0 Å². The van der Waals surface area contributed by atoms with Gasteiger partial charge < -0.3 is 24.2 Å². The lowest BCUT2D eigenvalue weighted by Gasteiger charge is -2.41. The van der Waals surface area contributed by atoms with E-state index in [0.29, 0.717) is 23.7 Å². The van der Waals surface area contributed by atoms with Crippen molar-refractivity contribution in [2.75, 3.05) is 20.8 Å². The first kappa shape index (κ1) is 16.0. The molecule has 1 saturated heterocycles. The first-order chi connectivity index (χ1) is 12.0. The summed E-state index contributed by atoms with van der Waals surface area (Å²) in [6.07, 6.45) is 5.42. The normalized spacial score (nSPS) is 26.4. The number of hydrogen-bond donors (Lipinski definition) is 1. The molecule has 1 aromatic carbocycles. The average Bonchev–Trinajstić information content (AvgIpc) is 3.38. The molecule has 3 aliphatic rings. The number of epoxide rings is 1. The van der Waals surface area contributed by atoms with Gasteiger partial charge in [-0.1, -0.05) is 6.92 Å². The van der Waals surface area contributed by atoms with Gasteiger partial charge in [-0.25, -0.2) is 4.79 Å². The Bertz CT molecular complexity index is 806. The fourth-order valence-corrected chi connectivity index (χ4v) is 3.78. The van der Waals surface area contributed by atoms with Crippen LogP contribution < -0.4 is 9.47 Å². The first-order valence-electron chi connectivity index (χ1n) is 8.39. The predicted molar refractivity (Wildman–Crippen MR) is 91.5 cm³/mol. The van der Waals surface area contributed by atoms with Crippen molar-refractivity contribution in [2.24, 2.45) is 0 Å². The second-order valence-corrected chi connectivity index (χ2v) is 6.59. The second-order valence-electron chi connectivity index (χ2n) is 6.59. The third-order valence-corrected chi connectivity index (χ3v) is 5.26. The second kappa shape index (κ2) is 5.52. The van der Waals surface area contributed by atoms with Gasteiger partial charge in [-0.05, 0) is 36.6 Å². The summed E-state index contributed by atoms with van der Waals surface area (Å²) in [5.41, 5.74) is 2.71. The van der Waals surface area contributed by atoms with E-state index in [1.54, 1.807) is 20.4 Å². The summed E-state index contributed by atoms with van der Waals surface area (Å²) in [5.74, 6) is 0.441. The molecule has 6 heteroatoms.